The standard InChI is InChI=1S/C12H14N2OS/c1-9-11(16-3)12(15-2)14(13-9)10-7-5-4-6-8-10/h4-8H,1-3H3. The second-order valence-corrected chi connectivity index (χ2v) is 4.19. The third-order valence-corrected chi connectivity index (χ3v) is 3.24. The average Bonchev–Trinajstić information content (AvgIpc) is 2.66. The van der Waals surface area contributed by atoms with E-state index in [0.717, 1.165) is 22.2 Å². The number of para-hydroxylation sites is 1. The predicted molar refractivity (Wildman–Crippen MR) is 66.6 cm³/mol. The Labute approximate surface area is 99.4 Å². The van der Waals surface area contributed by atoms with Crippen LogP contribution in [0.4, 0.5) is 0 Å². The second-order valence-electron chi connectivity index (χ2n) is 3.38. The number of thioether (sulfide) groups is 1. The molecule has 0 bridgehead atoms. The molecule has 2 aromatic rings. The molecule has 1 heterocycles. The van der Waals surface area contributed by atoms with Gasteiger partial charge < -0.3 is 4.74 Å². The molecule has 0 aliphatic carbocycles. The molecular weight excluding hydrogens is 220 g/mol. The fraction of sp³-hybridized carbons (Fsp3) is 0.250. The minimum atomic E-state index is 0.802. The van der Waals surface area contributed by atoms with Crippen molar-refractivity contribution in [2.45, 2.75) is 11.8 Å². The van der Waals surface area contributed by atoms with Gasteiger partial charge in [-0.25, -0.2) is 0 Å². The van der Waals surface area contributed by atoms with Crippen molar-refractivity contribution in [1.29, 1.82) is 0 Å². The van der Waals surface area contributed by atoms with Crippen molar-refractivity contribution in [2.24, 2.45) is 0 Å². The van der Waals surface area contributed by atoms with E-state index in [-0.39, 0.29) is 0 Å². The number of aryl methyl sites for hydroxylation is 1. The maximum absolute atomic E-state index is 5.42. The molecule has 0 fully saturated rings. The number of methoxy groups -OCH3 is 1. The molecule has 0 aliphatic rings. The largest absolute Gasteiger partial charge is 0.480 e. The minimum Gasteiger partial charge on any atom is -0.480 e. The molecule has 1 aromatic heterocycles. The molecule has 0 amide bonds. The molecule has 0 radical (unpaired) electrons. The van der Waals surface area contributed by atoms with Gasteiger partial charge in [0, 0.05) is 0 Å². The van der Waals surface area contributed by atoms with Crippen LogP contribution in [0, 0.1) is 6.92 Å². The van der Waals surface area contributed by atoms with Gasteiger partial charge >= 0.3 is 0 Å². The SMILES string of the molecule is COc1c(SC)c(C)nn1-c1ccccc1. The van der Waals surface area contributed by atoms with Crippen LogP contribution in [0.3, 0.4) is 0 Å². The summed E-state index contributed by atoms with van der Waals surface area (Å²) in [5.41, 5.74) is 2.01. The summed E-state index contributed by atoms with van der Waals surface area (Å²) in [6, 6.07) is 10.00. The highest BCUT2D eigenvalue weighted by molar-refractivity contribution is 7.98. The summed E-state index contributed by atoms with van der Waals surface area (Å²) in [6.07, 6.45) is 2.03. The number of rotatable bonds is 3. The van der Waals surface area contributed by atoms with Crippen LogP contribution >= 0.6 is 11.8 Å². The molecule has 0 saturated carbocycles. The number of aromatic nitrogens is 2. The zero-order valence-electron chi connectivity index (χ0n) is 9.60. The Kier molecular flexibility index (Phi) is 3.19. The van der Waals surface area contributed by atoms with Crippen molar-refractivity contribution in [3.05, 3.63) is 36.0 Å². The molecular formula is C12H14N2OS. The van der Waals surface area contributed by atoms with E-state index in [0.29, 0.717) is 0 Å². The highest BCUT2D eigenvalue weighted by Crippen LogP contribution is 2.32. The third kappa shape index (κ3) is 1.80. The Morgan fingerprint density at radius 1 is 1.25 bits per heavy atom. The Morgan fingerprint density at radius 2 is 1.94 bits per heavy atom. The molecule has 3 nitrogen and oxygen atoms in total. The number of hydrogen-bond acceptors (Lipinski definition) is 3. The van der Waals surface area contributed by atoms with Gasteiger partial charge in [0.2, 0.25) is 5.88 Å². The molecule has 84 valence electrons. The smallest absolute Gasteiger partial charge is 0.230 e. The van der Waals surface area contributed by atoms with Gasteiger partial charge in [-0.2, -0.15) is 9.78 Å². The lowest BCUT2D eigenvalue weighted by Crippen LogP contribution is -1.99. The van der Waals surface area contributed by atoms with Crippen molar-refractivity contribution in [1.82, 2.24) is 9.78 Å². The van der Waals surface area contributed by atoms with Crippen LogP contribution < -0.4 is 4.74 Å². The van der Waals surface area contributed by atoms with Gasteiger partial charge in [0.25, 0.3) is 0 Å². The highest BCUT2D eigenvalue weighted by Gasteiger charge is 2.15. The normalized spacial score (nSPS) is 10.4. The third-order valence-electron chi connectivity index (χ3n) is 2.36. The van der Waals surface area contributed by atoms with Crippen molar-refractivity contribution in [3.63, 3.8) is 0 Å². The van der Waals surface area contributed by atoms with Gasteiger partial charge in [-0.3, -0.25) is 0 Å². The summed E-state index contributed by atoms with van der Waals surface area (Å²) in [7, 11) is 1.68. The maximum atomic E-state index is 5.42. The molecule has 0 N–H and O–H groups in total. The highest BCUT2D eigenvalue weighted by atomic mass is 32.2. The average molecular weight is 234 g/mol. The lowest BCUT2D eigenvalue weighted by Gasteiger charge is -2.06. The summed E-state index contributed by atoms with van der Waals surface area (Å²) in [5.74, 6) is 0.802. The van der Waals surface area contributed by atoms with Crippen LogP contribution in [0.1, 0.15) is 5.69 Å². The molecule has 0 saturated heterocycles. The molecule has 16 heavy (non-hydrogen) atoms. The molecule has 4 heteroatoms. The zero-order valence-corrected chi connectivity index (χ0v) is 10.4. The van der Waals surface area contributed by atoms with E-state index < -0.39 is 0 Å². The number of benzene rings is 1. The van der Waals surface area contributed by atoms with E-state index in [9.17, 15) is 0 Å². The van der Waals surface area contributed by atoms with E-state index >= 15 is 0 Å². The lowest BCUT2D eigenvalue weighted by molar-refractivity contribution is 0.375. The van der Waals surface area contributed by atoms with Crippen LogP contribution in [0.25, 0.3) is 5.69 Å². The summed E-state index contributed by atoms with van der Waals surface area (Å²) in [4.78, 5) is 1.09. The molecule has 0 unspecified atom stereocenters. The van der Waals surface area contributed by atoms with E-state index in [2.05, 4.69) is 5.10 Å². The molecule has 2 rings (SSSR count). The molecule has 0 aliphatic heterocycles. The van der Waals surface area contributed by atoms with Crippen LogP contribution in [0.5, 0.6) is 5.88 Å². The Balaban J connectivity index is 2.57. The Bertz CT molecular complexity index is 479. The number of nitrogens with zero attached hydrogens (tertiary/aromatic N) is 2. The van der Waals surface area contributed by atoms with Crippen molar-refractivity contribution >= 4 is 11.8 Å². The minimum absolute atomic E-state index is 0.802. The Morgan fingerprint density at radius 3 is 2.50 bits per heavy atom. The fourth-order valence-corrected chi connectivity index (χ4v) is 2.33. The van der Waals surface area contributed by atoms with Gasteiger partial charge in [0.05, 0.1) is 23.4 Å². The van der Waals surface area contributed by atoms with Gasteiger partial charge in [0.1, 0.15) is 0 Å². The van der Waals surface area contributed by atoms with Crippen molar-refractivity contribution in [2.75, 3.05) is 13.4 Å². The van der Waals surface area contributed by atoms with E-state index in [1.165, 1.54) is 0 Å². The Hall–Kier alpha value is -1.42. The maximum Gasteiger partial charge on any atom is 0.230 e. The molecule has 0 atom stereocenters. The van der Waals surface area contributed by atoms with Crippen LogP contribution in [-0.2, 0) is 0 Å². The summed E-state index contributed by atoms with van der Waals surface area (Å²) < 4.78 is 7.26. The summed E-state index contributed by atoms with van der Waals surface area (Å²) in [6.45, 7) is 1.99. The zero-order chi connectivity index (χ0) is 11.5. The van der Waals surface area contributed by atoms with Gasteiger partial charge in [-0.05, 0) is 25.3 Å². The first kappa shape index (κ1) is 11.1. The van der Waals surface area contributed by atoms with Crippen molar-refractivity contribution in [3.8, 4) is 11.6 Å². The van der Waals surface area contributed by atoms with Crippen LogP contribution in [0.15, 0.2) is 35.2 Å². The summed E-state index contributed by atoms with van der Waals surface area (Å²) >= 11 is 1.65. The van der Waals surface area contributed by atoms with Gasteiger partial charge in [-0.1, -0.05) is 18.2 Å². The first-order valence-corrected chi connectivity index (χ1v) is 6.23. The topological polar surface area (TPSA) is 27.1 Å². The fourth-order valence-electron chi connectivity index (χ4n) is 1.65. The first-order valence-electron chi connectivity index (χ1n) is 5.01. The van der Waals surface area contributed by atoms with Gasteiger partial charge in [-0.15, -0.1) is 11.8 Å². The first-order chi connectivity index (χ1) is 7.77. The quantitative estimate of drug-likeness (QED) is 0.764. The van der Waals surface area contributed by atoms with E-state index in [1.807, 2.05) is 48.2 Å². The summed E-state index contributed by atoms with van der Waals surface area (Å²) in [5, 5.41) is 4.49. The number of hydrogen-bond donors (Lipinski definition) is 0. The van der Waals surface area contributed by atoms with E-state index in [4.69, 9.17) is 4.74 Å². The second kappa shape index (κ2) is 4.61. The predicted octanol–water partition coefficient (Wildman–Crippen LogP) is 2.91. The lowest BCUT2D eigenvalue weighted by atomic mass is 10.3. The molecule has 1 aromatic carbocycles. The number of ether oxygens (including phenoxy) is 1. The van der Waals surface area contributed by atoms with Gasteiger partial charge in [0.15, 0.2) is 0 Å². The monoisotopic (exact) mass is 234 g/mol. The molecule has 0 spiro atoms. The van der Waals surface area contributed by atoms with Crippen molar-refractivity contribution < 1.29 is 4.74 Å². The van der Waals surface area contributed by atoms with Crippen LogP contribution in [0.2, 0.25) is 0 Å². The van der Waals surface area contributed by atoms with E-state index in [1.54, 1.807) is 18.9 Å². The van der Waals surface area contributed by atoms with Crippen LogP contribution in [-0.4, -0.2) is 23.1 Å².